The quantitative estimate of drug-likeness (QED) is 0.705. The second kappa shape index (κ2) is 7.78. The molecule has 0 fully saturated rings. The Hall–Kier alpha value is -2.54. The summed E-state index contributed by atoms with van der Waals surface area (Å²) in [6.07, 6.45) is 1.53. The molecular weight excluding hydrogens is 358 g/mol. The van der Waals surface area contributed by atoms with Crippen LogP contribution < -0.4 is 10.9 Å². The zero-order chi connectivity index (χ0) is 18.7. The van der Waals surface area contributed by atoms with Crippen LogP contribution in [0, 0.1) is 11.6 Å². The third kappa shape index (κ3) is 3.67. The maximum absolute atomic E-state index is 13.6. The van der Waals surface area contributed by atoms with Crippen LogP contribution in [0.5, 0.6) is 0 Å². The molecule has 7 heteroatoms. The molecule has 136 valence electrons. The van der Waals surface area contributed by atoms with Gasteiger partial charge in [-0.1, -0.05) is 19.4 Å². The Kier molecular flexibility index (Phi) is 5.46. The second-order valence-electron chi connectivity index (χ2n) is 5.96. The summed E-state index contributed by atoms with van der Waals surface area (Å²) in [6.45, 7) is 2.65. The Balaban J connectivity index is 2.04. The number of carbonyl (C=O) groups is 1. The molecule has 0 saturated heterocycles. The lowest BCUT2D eigenvalue weighted by molar-refractivity contribution is 0.0940. The van der Waals surface area contributed by atoms with Gasteiger partial charge < -0.3 is 9.88 Å². The van der Waals surface area contributed by atoms with Gasteiger partial charge in [0.05, 0.1) is 11.9 Å². The number of aromatic nitrogens is 1. The Bertz CT molecular complexity index is 997. The van der Waals surface area contributed by atoms with E-state index < -0.39 is 23.1 Å². The predicted octanol–water partition coefficient (Wildman–Crippen LogP) is 4.07. The molecule has 0 radical (unpaired) electrons. The first kappa shape index (κ1) is 18.3. The zero-order valence-electron chi connectivity index (χ0n) is 14.2. The molecule has 0 saturated carbocycles. The summed E-state index contributed by atoms with van der Waals surface area (Å²) in [5.41, 5.74) is -0.338. The lowest BCUT2D eigenvalue weighted by Crippen LogP contribution is -2.32. The third-order valence-corrected chi connectivity index (χ3v) is 5.00. The van der Waals surface area contributed by atoms with Crippen molar-refractivity contribution in [2.75, 3.05) is 0 Å². The summed E-state index contributed by atoms with van der Waals surface area (Å²) < 4.78 is 28.5. The highest BCUT2D eigenvalue weighted by atomic mass is 32.1. The Labute approximate surface area is 153 Å². The van der Waals surface area contributed by atoms with Gasteiger partial charge in [0, 0.05) is 11.4 Å². The number of fused-ring (bicyclic) bond motifs is 1. The highest BCUT2D eigenvalue weighted by molar-refractivity contribution is 7.09. The number of hydrogen-bond acceptors (Lipinski definition) is 3. The average Bonchev–Trinajstić information content (AvgIpc) is 3.14. The molecule has 0 aliphatic rings. The molecule has 0 aliphatic heterocycles. The van der Waals surface area contributed by atoms with E-state index in [2.05, 4.69) is 5.32 Å². The van der Waals surface area contributed by atoms with E-state index in [0.717, 1.165) is 23.4 Å². The minimum absolute atomic E-state index is 0.0646. The van der Waals surface area contributed by atoms with Gasteiger partial charge in [0.1, 0.15) is 5.69 Å². The topological polar surface area (TPSA) is 51.1 Å². The number of benzene rings is 1. The Morgan fingerprint density at radius 1 is 1.23 bits per heavy atom. The van der Waals surface area contributed by atoms with Crippen LogP contribution in [0.2, 0.25) is 0 Å². The molecule has 0 bridgehead atoms. The van der Waals surface area contributed by atoms with Gasteiger partial charge in [-0.25, -0.2) is 8.78 Å². The highest BCUT2D eigenvalue weighted by Gasteiger charge is 2.17. The standard InChI is InChI=1S/C19H18F2N2O2S/c1-2-3-6-23-17(18(24)22-11-13-5-4-7-26-13)9-12-8-15(20)16(21)10-14(12)19(23)25/h4-5,7-10H,2-3,6,11H2,1H3,(H,22,24). The normalized spacial score (nSPS) is 11.0. The maximum Gasteiger partial charge on any atom is 0.268 e. The molecule has 1 N–H and O–H groups in total. The smallest absolute Gasteiger partial charge is 0.268 e. The lowest BCUT2D eigenvalue weighted by atomic mass is 10.1. The summed E-state index contributed by atoms with van der Waals surface area (Å²) in [5, 5.41) is 4.96. The van der Waals surface area contributed by atoms with E-state index in [1.165, 1.54) is 22.0 Å². The van der Waals surface area contributed by atoms with Crippen LogP contribution in [0.1, 0.15) is 35.1 Å². The van der Waals surface area contributed by atoms with Crippen LogP contribution in [-0.2, 0) is 13.1 Å². The van der Waals surface area contributed by atoms with Crippen molar-refractivity contribution in [3.63, 3.8) is 0 Å². The molecule has 2 heterocycles. The van der Waals surface area contributed by atoms with Gasteiger partial charge >= 0.3 is 0 Å². The first-order chi connectivity index (χ1) is 12.5. The monoisotopic (exact) mass is 376 g/mol. The number of carbonyl (C=O) groups excluding carboxylic acids is 1. The van der Waals surface area contributed by atoms with Crippen LogP contribution in [0.4, 0.5) is 8.78 Å². The second-order valence-corrected chi connectivity index (χ2v) is 6.99. The largest absolute Gasteiger partial charge is 0.346 e. The Morgan fingerprint density at radius 2 is 2.00 bits per heavy atom. The van der Waals surface area contributed by atoms with Crippen molar-refractivity contribution < 1.29 is 13.6 Å². The van der Waals surface area contributed by atoms with Crippen LogP contribution in [0.15, 0.2) is 40.5 Å². The molecule has 0 atom stereocenters. The fourth-order valence-corrected chi connectivity index (χ4v) is 3.39. The number of pyridine rings is 1. The average molecular weight is 376 g/mol. The predicted molar refractivity (Wildman–Crippen MR) is 98.5 cm³/mol. The van der Waals surface area contributed by atoms with E-state index in [-0.39, 0.29) is 16.5 Å². The van der Waals surface area contributed by atoms with Gasteiger partial charge in [-0.15, -0.1) is 11.3 Å². The van der Waals surface area contributed by atoms with Gasteiger partial charge in [0.25, 0.3) is 11.5 Å². The van der Waals surface area contributed by atoms with Gasteiger partial charge in [-0.2, -0.15) is 0 Å². The van der Waals surface area contributed by atoms with Crippen molar-refractivity contribution in [1.82, 2.24) is 9.88 Å². The van der Waals surface area contributed by atoms with Crippen LogP contribution >= 0.6 is 11.3 Å². The summed E-state index contributed by atoms with van der Waals surface area (Å²) in [7, 11) is 0. The molecule has 4 nitrogen and oxygen atoms in total. The number of rotatable bonds is 6. The molecule has 0 spiro atoms. The number of nitrogens with one attached hydrogen (secondary N) is 1. The minimum Gasteiger partial charge on any atom is -0.346 e. The number of thiophene rings is 1. The fourth-order valence-electron chi connectivity index (χ4n) is 2.74. The number of halogens is 2. The molecule has 3 aromatic rings. The SMILES string of the molecule is CCCCn1c(C(=O)NCc2cccs2)cc2cc(F)c(F)cc2c1=O. The van der Waals surface area contributed by atoms with Gasteiger partial charge in [0.15, 0.2) is 11.6 Å². The minimum atomic E-state index is -1.08. The van der Waals surface area contributed by atoms with E-state index in [0.29, 0.717) is 19.5 Å². The molecule has 26 heavy (non-hydrogen) atoms. The number of nitrogens with zero attached hydrogens (tertiary/aromatic N) is 1. The lowest BCUT2D eigenvalue weighted by Gasteiger charge is -2.14. The van der Waals surface area contributed by atoms with Gasteiger partial charge in [0.2, 0.25) is 0 Å². The van der Waals surface area contributed by atoms with Crippen molar-refractivity contribution in [2.45, 2.75) is 32.9 Å². The zero-order valence-corrected chi connectivity index (χ0v) is 15.0. The fraction of sp³-hybridized carbons (Fsp3) is 0.263. The van der Waals surface area contributed by atoms with Gasteiger partial charge in [-0.05, 0) is 41.5 Å². The summed E-state index contributed by atoms with van der Waals surface area (Å²) >= 11 is 1.51. The molecule has 0 unspecified atom stereocenters. The maximum atomic E-state index is 13.6. The molecule has 0 aliphatic carbocycles. The van der Waals surface area contributed by atoms with Crippen LogP contribution in [0.25, 0.3) is 10.8 Å². The van der Waals surface area contributed by atoms with Crippen molar-refractivity contribution in [1.29, 1.82) is 0 Å². The van der Waals surface area contributed by atoms with E-state index in [9.17, 15) is 18.4 Å². The summed E-state index contributed by atoms with van der Waals surface area (Å²) in [4.78, 5) is 26.4. The molecule has 1 amide bonds. The molecular formula is C19H18F2N2O2S. The van der Waals surface area contributed by atoms with Crippen molar-refractivity contribution in [3.8, 4) is 0 Å². The summed E-state index contributed by atoms with van der Waals surface area (Å²) in [6, 6.07) is 7.07. The van der Waals surface area contributed by atoms with Crippen LogP contribution in [0.3, 0.4) is 0 Å². The van der Waals surface area contributed by atoms with E-state index >= 15 is 0 Å². The van der Waals surface area contributed by atoms with Crippen LogP contribution in [-0.4, -0.2) is 10.5 Å². The summed E-state index contributed by atoms with van der Waals surface area (Å²) in [5.74, 6) is -2.54. The van der Waals surface area contributed by atoms with Crippen molar-refractivity contribution >= 4 is 28.0 Å². The molecule has 1 aromatic carbocycles. The number of unbranched alkanes of at least 4 members (excludes halogenated alkanes) is 1. The van der Waals surface area contributed by atoms with E-state index in [4.69, 9.17) is 0 Å². The van der Waals surface area contributed by atoms with Gasteiger partial charge in [-0.3, -0.25) is 9.59 Å². The third-order valence-electron chi connectivity index (χ3n) is 4.12. The number of hydrogen-bond donors (Lipinski definition) is 1. The Morgan fingerprint density at radius 3 is 2.69 bits per heavy atom. The van der Waals surface area contributed by atoms with E-state index in [1.807, 2.05) is 24.4 Å². The van der Waals surface area contributed by atoms with Crippen molar-refractivity contribution in [2.24, 2.45) is 0 Å². The molecule has 3 rings (SSSR count). The first-order valence-corrected chi connectivity index (χ1v) is 9.22. The highest BCUT2D eigenvalue weighted by Crippen LogP contribution is 2.18. The number of amides is 1. The first-order valence-electron chi connectivity index (χ1n) is 8.34. The van der Waals surface area contributed by atoms with Crippen molar-refractivity contribution in [3.05, 3.63) is 68.3 Å². The molecule has 2 aromatic heterocycles. The van der Waals surface area contributed by atoms with E-state index in [1.54, 1.807) is 0 Å².